The average molecular weight is 320 g/mol. The van der Waals surface area contributed by atoms with E-state index in [9.17, 15) is 9.59 Å². The molecule has 0 saturated heterocycles. The second kappa shape index (κ2) is 7.99. The van der Waals surface area contributed by atoms with Crippen LogP contribution in [-0.2, 0) is 9.53 Å². The molecular formula is C18H28N2O3. The minimum atomic E-state index is -0.508. The van der Waals surface area contributed by atoms with Crippen molar-refractivity contribution in [3.8, 4) is 0 Å². The van der Waals surface area contributed by atoms with E-state index in [1.807, 2.05) is 52.8 Å². The van der Waals surface area contributed by atoms with Crippen LogP contribution in [0, 0.1) is 13.8 Å². The molecule has 1 N–H and O–H groups in total. The Bertz CT molecular complexity index is 562. The van der Waals surface area contributed by atoms with Crippen LogP contribution in [0.4, 0.5) is 10.5 Å². The molecule has 0 spiro atoms. The summed E-state index contributed by atoms with van der Waals surface area (Å²) in [6, 6.07) is 5.84. The maximum Gasteiger partial charge on any atom is 0.410 e. The summed E-state index contributed by atoms with van der Waals surface area (Å²) < 4.78 is 5.26. The van der Waals surface area contributed by atoms with Crippen molar-refractivity contribution >= 4 is 17.7 Å². The van der Waals surface area contributed by atoms with Gasteiger partial charge < -0.3 is 15.0 Å². The molecule has 5 nitrogen and oxygen atoms in total. The van der Waals surface area contributed by atoms with E-state index in [1.165, 1.54) is 10.5 Å². The number of hydrogen-bond donors (Lipinski definition) is 1. The maximum absolute atomic E-state index is 11.9. The number of ether oxygens (including phenoxy) is 1. The third-order valence-corrected chi connectivity index (χ3v) is 3.39. The molecule has 2 amide bonds. The first kappa shape index (κ1) is 19.0. The van der Waals surface area contributed by atoms with Crippen LogP contribution in [0.5, 0.6) is 0 Å². The first-order valence-electron chi connectivity index (χ1n) is 7.90. The molecule has 0 fully saturated rings. The predicted molar refractivity (Wildman–Crippen MR) is 92.6 cm³/mol. The molecule has 0 heterocycles. The summed E-state index contributed by atoms with van der Waals surface area (Å²) in [5, 5.41) is 2.88. The van der Waals surface area contributed by atoms with E-state index >= 15 is 0 Å². The van der Waals surface area contributed by atoms with Gasteiger partial charge in [-0.2, -0.15) is 0 Å². The molecule has 23 heavy (non-hydrogen) atoms. The molecule has 0 saturated carbocycles. The van der Waals surface area contributed by atoms with Gasteiger partial charge in [-0.05, 0) is 64.3 Å². The van der Waals surface area contributed by atoms with Gasteiger partial charge in [0.05, 0.1) is 0 Å². The monoisotopic (exact) mass is 320 g/mol. The Labute approximate surface area is 139 Å². The quantitative estimate of drug-likeness (QED) is 0.895. The van der Waals surface area contributed by atoms with Crippen LogP contribution in [-0.4, -0.2) is 36.1 Å². The summed E-state index contributed by atoms with van der Waals surface area (Å²) >= 11 is 0. The summed E-state index contributed by atoms with van der Waals surface area (Å²) in [6.07, 6.45) is 0.582. The number of rotatable bonds is 5. The van der Waals surface area contributed by atoms with Crippen molar-refractivity contribution < 1.29 is 14.3 Å². The fourth-order valence-electron chi connectivity index (χ4n) is 1.95. The number of nitrogens with one attached hydrogen (secondary N) is 1. The molecule has 5 heteroatoms. The Morgan fingerprint density at radius 2 is 1.83 bits per heavy atom. The standard InChI is InChI=1S/C18H28N2O3/c1-13-9-10-15(12-14(13)2)19-16(21)8-7-11-20(6)17(22)23-18(3,4)5/h9-10,12H,7-8,11H2,1-6H3,(H,19,21). The highest BCUT2D eigenvalue weighted by atomic mass is 16.6. The molecule has 0 bridgehead atoms. The molecule has 1 rings (SSSR count). The van der Waals surface area contributed by atoms with E-state index < -0.39 is 5.60 Å². The zero-order chi connectivity index (χ0) is 17.6. The first-order valence-corrected chi connectivity index (χ1v) is 7.90. The van der Waals surface area contributed by atoms with Gasteiger partial charge in [-0.1, -0.05) is 6.07 Å². The summed E-state index contributed by atoms with van der Waals surface area (Å²) in [5.74, 6) is -0.0501. The van der Waals surface area contributed by atoms with E-state index in [0.29, 0.717) is 19.4 Å². The number of nitrogens with zero attached hydrogens (tertiary/aromatic N) is 1. The molecule has 0 atom stereocenters. The van der Waals surface area contributed by atoms with Crippen molar-refractivity contribution in [1.29, 1.82) is 0 Å². The van der Waals surface area contributed by atoms with Gasteiger partial charge in [-0.25, -0.2) is 4.79 Å². The zero-order valence-corrected chi connectivity index (χ0v) is 15.0. The SMILES string of the molecule is Cc1ccc(NC(=O)CCCN(C)C(=O)OC(C)(C)C)cc1C. The molecule has 0 aliphatic heterocycles. The summed E-state index contributed by atoms with van der Waals surface area (Å²) in [7, 11) is 1.68. The molecule has 0 aliphatic rings. The Kier molecular flexibility index (Phi) is 6.61. The maximum atomic E-state index is 11.9. The second-order valence-electron chi connectivity index (χ2n) is 6.85. The number of hydrogen-bond acceptors (Lipinski definition) is 3. The van der Waals surface area contributed by atoms with E-state index in [2.05, 4.69) is 5.32 Å². The van der Waals surface area contributed by atoms with Crippen molar-refractivity contribution in [2.24, 2.45) is 0 Å². The Balaban J connectivity index is 2.36. The van der Waals surface area contributed by atoms with Gasteiger partial charge in [0.15, 0.2) is 0 Å². The number of benzene rings is 1. The van der Waals surface area contributed by atoms with Gasteiger partial charge >= 0.3 is 6.09 Å². The van der Waals surface area contributed by atoms with Crippen LogP contribution in [0.2, 0.25) is 0 Å². The lowest BCUT2D eigenvalue weighted by molar-refractivity contribution is -0.116. The number of carbonyl (C=O) groups excluding carboxylic acids is 2. The predicted octanol–water partition coefficient (Wildman–Crippen LogP) is 3.89. The third-order valence-electron chi connectivity index (χ3n) is 3.39. The fourth-order valence-corrected chi connectivity index (χ4v) is 1.95. The highest BCUT2D eigenvalue weighted by Gasteiger charge is 2.19. The third kappa shape index (κ3) is 7.17. The average Bonchev–Trinajstić information content (AvgIpc) is 2.41. The van der Waals surface area contributed by atoms with Crippen LogP contribution in [0.15, 0.2) is 18.2 Å². The Morgan fingerprint density at radius 3 is 2.39 bits per heavy atom. The van der Waals surface area contributed by atoms with Gasteiger partial charge in [-0.3, -0.25) is 4.79 Å². The molecule has 0 aliphatic carbocycles. The molecule has 1 aromatic carbocycles. The van der Waals surface area contributed by atoms with Crippen molar-refractivity contribution in [2.45, 2.75) is 53.1 Å². The molecule has 0 unspecified atom stereocenters. The van der Waals surface area contributed by atoms with Crippen LogP contribution < -0.4 is 5.32 Å². The molecule has 0 radical (unpaired) electrons. The molecule has 1 aromatic rings. The lowest BCUT2D eigenvalue weighted by atomic mass is 10.1. The summed E-state index contributed by atoms with van der Waals surface area (Å²) in [5.41, 5.74) is 2.64. The first-order chi connectivity index (χ1) is 10.6. The van der Waals surface area contributed by atoms with E-state index in [1.54, 1.807) is 7.05 Å². The minimum absolute atomic E-state index is 0.0501. The molecular weight excluding hydrogens is 292 g/mol. The Morgan fingerprint density at radius 1 is 1.17 bits per heavy atom. The molecule has 0 aromatic heterocycles. The van der Waals surface area contributed by atoms with Gasteiger partial charge in [0.2, 0.25) is 5.91 Å². The minimum Gasteiger partial charge on any atom is -0.444 e. The Hall–Kier alpha value is -2.04. The van der Waals surface area contributed by atoms with Crippen LogP contribution in [0.1, 0.15) is 44.7 Å². The molecule has 128 valence electrons. The number of carbonyl (C=O) groups is 2. The van der Waals surface area contributed by atoms with Crippen LogP contribution >= 0.6 is 0 Å². The normalized spacial score (nSPS) is 11.0. The largest absolute Gasteiger partial charge is 0.444 e. The lowest BCUT2D eigenvalue weighted by Crippen LogP contribution is -2.35. The van der Waals surface area contributed by atoms with Crippen molar-refractivity contribution in [1.82, 2.24) is 4.90 Å². The second-order valence-corrected chi connectivity index (χ2v) is 6.85. The van der Waals surface area contributed by atoms with E-state index in [4.69, 9.17) is 4.74 Å². The highest BCUT2D eigenvalue weighted by molar-refractivity contribution is 5.90. The lowest BCUT2D eigenvalue weighted by Gasteiger charge is -2.24. The fraction of sp³-hybridized carbons (Fsp3) is 0.556. The number of aryl methyl sites for hydroxylation is 2. The number of amides is 2. The van der Waals surface area contributed by atoms with E-state index in [-0.39, 0.29) is 12.0 Å². The van der Waals surface area contributed by atoms with Gasteiger partial charge in [-0.15, -0.1) is 0 Å². The van der Waals surface area contributed by atoms with E-state index in [0.717, 1.165) is 11.3 Å². The van der Waals surface area contributed by atoms with Crippen LogP contribution in [0.3, 0.4) is 0 Å². The smallest absolute Gasteiger partial charge is 0.410 e. The van der Waals surface area contributed by atoms with Crippen molar-refractivity contribution in [3.63, 3.8) is 0 Å². The summed E-state index contributed by atoms with van der Waals surface area (Å²) in [4.78, 5) is 25.2. The summed E-state index contributed by atoms with van der Waals surface area (Å²) in [6.45, 7) is 10.0. The zero-order valence-electron chi connectivity index (χ0n) is 15.0. The van der Waals surface area contributed by atoms with Gasteiger partial charge in [0, 0.05) is 25.7 Å². The topological polar surface area (TPSA) is 58.6 Å². The van der Waals surface area contributed by atoms with Crippen molar-refractivity contribution in [3.05, 3.63) is 29.3 Å². The van der Waals surface area contributed by atoms with Crippen molar-refractivity contribution in [2.75, 3.05) is 18.9 Å². The highest BCUT2D eigenvalue weighted by Crippen LogP contribution is 2.14. The van der Waals surface area contributed by atoms with Gasteiger partial charge in [0.25, 0.3) is 0 Å². The van der Waals surface area contributed by atoms with Crippen LogP contribution in [0.25, 0.3) is 0 Å². The van der Waals surface area contributed by atoms with Gasteiger partial charge in [0.1, 0.15) is 5.60 Å². The number of anilines is 1.